The van der Waals surface area contributed by atoms with Gasteiger partial charge in [0.1, 0.15) is 17.7 Å². The molecular weight excluding hydrogens is 320 g/mol. The van der Waals surface area contributed by atoms with Crippen LogP contribution in [0.4, 0.5) is 0 Å². The summed E-state index contributed by atoms with van der Waals surface area (Å²) in [6, 6.07) is 4.93. The fourth-order valence-corrected chi connectivity index (χ4v) is 2.31. The molecule has 1 atom stereocenters. The third-order valence-corrected chi connectivity index (χ3v) is 3.90. The number of carbonyl (C=O) groups is 1. The molecule has 0 bridgehead atoms. The van der Waals surface area contributed by atoms with Gasteiger partial charge in [-0.25, -0.2) is 15.0 Å². The third-order valence-electron chi connectivity index (χ3n) is 3.90. The van der Waals surface area contributed by atoms with Gasteiger partial charge in [0.25, 0.3) is 11.5 Å². The second-order valence-electron chi connectivity index (χ2n) is 5.44. The van der Waals surface area contributed by atoms with Crippen molar-refractivity contribution < 1.29 is 4.79 Å². The Morgan fingerprint density at radius 3 is 2.64 bits per heavy atom. The lowest BCUT2D eigenvalue weighted by Crippen LogP contribution is -2.34. The first-order chi connectivity index (χ1) is 12.1. The number of hydrogen-bond acceptors (Lipinski definition) is 6. The van der Waals surface area contributed by atoms with Crippen LogP contribution in [-0.4, -0.2) is 42.8 Å². The van der Waals surface area contributed by atoms with E-state index in [1.807, 2.05) is 6.92 Å². The van der Waals surface area contributed by atoms with E-state index in [4.69, 9.17) is 0 Å². The van der Waals surface area contributed by atoms with Crippen LogP contribution in [-0.2, 0) is 0 Å². The Morgan fingerprint density at radius 2 is 2.00 bits per heavy atom. The normalized spacial score (nSPS) is 11.8. The highest BCUT2D eigenvalue weighted by molar-refractivity contribution is 5.93. The van der Waals surface area contributed by atoms with Crippen molar-refractivity contribution in [2.24, 2.45) is 0 Å². The minimum absolute atomic E-state index is 0.0314. The van der Waals surface area contributed by atoms with Gasteiger partial charge >= 0.3 is 0 Å². The van der Waals surface area contributed by atoms with E-state index in [2.05, 4.69) is 24.9 Å². The van der Waals surface area contributed by atoms with E-state index in [9.17, 15) is 9.59 Å². The number of aromatic amines is 1. The Morgan fingerprint density at radius 1 is 1.16 bits per heavy atom. The highest BCUT2D eigenvalue weighted by Gasteiger charge is 2.22. The molecule has 3 aromatic rings. The Bertz CT molecular complexity index is 927. The van der Waals surface area contributed by atoms with E-state index in [0.717, 1.165) is 0 Å². The molecule has 0 saturated heterocycles. The quantitative estimate of drug-likeness (QED) is 0.773. The van der Waals surface area contributed by atoms with Crippen molar-refractivity contribution in [1.82, 2.24) is 29.8 Å². The summed E-state index contributed by atoms with van der Waals surface area (Å²) in [5.74, 6) is -0.0706. The predicted octanol–water partition coefficient (Wildman–Crippen LogP) is 1.46. The fraction of sp³-hybridized carbons (Fsp3) is 0.176. The van der Waals surface area contributed by atoms with Crippen LogP contribution < -0.4 is 5.56 Å². The van der Waals surface area contributed by atoms with Gasteiger partial charge < -0.3 is 9.88 Å². The summed E-state index contributed by atoms with van der Waals surface area (Å²) < 4.78 is 0. The maximum atomic E-state index is 12.6. The molecule has 0 fully saturated rings. The van der Waals surface area contributed by atoms with Gasteiger partial charge in [-0.15, -0.1) is 0 Å². The van der Waals surface area contributed by atoms with E-state index >= 15 is 0 Å². The summed E-state index contributed by atoms with van der Waals surface area (Å²) in [4.78, 5) is 45.2. The lowest BCUT2D eigenvalue weighted by Gasteiger charge is -2.24. The zero-order chi connectivity index (χ0) is 17.8. The molecule has 25 heavy (non-hydrogen) atoms. The number of hydrogen-bond donors (Lipinski definition) is 1. The van der Waals surface area contributed by atoms with Crippen LogP contribution in [0.3, 0.4) is 0 Å². The smallest absolute Gasteiger partial charge is 0.264 e. The van der Waals surface area contributed by atoms with Crippen LogP contribution in [0.1, 0.15) is 29.0 Å². The van der Waals surface area contributed by atoms with Crippen molar-refractivity contribution in [2.75, 3.05) is 7.05 Å². The molecule has 3 heterocycles. The summed E-state index contributed by atoms with van der Waals surface area (Å²) in [5, 5.41) is 0. The van der Waals surface area contributed by atoms with Crippen LogP contribution in [0.15, 0.2) is 54.1 Å². The Balaban J connectivity index is 1.86. The van der Waals surface area contributed by atoms with Crippen molar-refractivity contribution in [3.63, 3.8) is 0 Å². The van der Waals surface area contributed by atoms with Gasteiger partial charge in [-0.05, 0) is 25.1 Å². The molecule has 0 aliphatic heterocycles. The highest BCUT2D eigenvalue weighted by atomic mass is 16.2. The van der Waals surface area contributed by atoms with Gasteiger partial charge in [0.2, 0.25) is 0 Å². The number of rotatable bonds is 4. The molecule has 0 radical (unpaired) electrons. The Labute approximate surface area is 143 Å². The molecule has 0 unspecified atom stereocenters. The second-order valence-corrected chi connectivity index (χ2v) is 5.44. The second kappa shape index (κ2) is 7.00. The van der Waals surface area contributed by atoms with E-state index in [1.165, 1.54) is 17.4 Å². The topological polar surface area (TPSA) is 105 Å². The molecule has 3 rings (SSSR count). The molecule has 0 aromatic carbocycles. The molecule has 1 amide bonds. The molecule has 0 aliphatic rings. The van der Waals surface area contributed by atoms with Crippen molar-refractivity contribution in [1.29, 1.82) is 0 Å². The maximum Gasteiger partial charge on any atom is 0.264 e. The Kier molecular flexibility index (Phi) is 4.60. The van der Waals surface area contributed by atoms with E-state index in [1.54, 1.807) is 43.8 Å². The molecule has 1 N–H and O–H groups in total. The lowest BCUT2D eigenvalue weighted by molar-refractivity contribution is 0.0737. The molecule has 0 aliphatic carbocycles. The summed E-state index contributed by atoms with van der Waals surface area (Å²) in [5.41, 5.74) is 0.820. The van der Waals surface area contributed by atoms with Crippen molar-refractivity contribution in [3.8, 4) is 11.4 Å². The summed E-state index contributed by atoms with van der Waals surface area (Å²) in [6.07, 6.45) is 7.52. The van der Waals surface area contributed by atoms with Gasteiger partial charge in [0.05, 0.1) is 11.7 Å². The molecule has 8 nitrogen and oxygen atoms in total. The van der Waals surface area contributed by atoms with Crippen LogP contribution in [0.25, 0.3) is 11.4 Å². The molecule has 8 heteroatoms. The van der Waals surface area contributed by atoms with Gasteiger partial charge in [0.15, 0.2) is 0 Å². The predicted molar refractivity (Wildman–Crippen MR) is 90.6 cm³/mol. The number of pyridine rings is 1. The van der Waals surface area contributed by atoms with E-state index in [-0.39, 0.29) is 11.6 Å². The largest absolute Gasteiger partial charge is 0.333 e. The summed E-state index contributed by atoms with van der Waals surface area (Å²) in [7, 11) is 1.61. The number of amides is 1. The Hall–Kier alpha value is -3.42. The number of nitrogens with one attached hydrogen (secondary N) is 1. The lowest BCUT2D eigenvalue weighted by atomic mass is 10.1. The summed E-state index contributed by atoms with van der Waals surface area (Å²) >= 11 is 0. The van der Waals surface area contributed by atoms with Crippen molar-refractivity contribution >= 4 is 5.91 Å². The number of nitrogens with zero attached hydrogens (tertiary/aromatic N) is 5. The first-order valence-corrected chi connectivity index (χ1v) is 7.60. The molecule has 0 saturated carbocycles. The van der Waals surface area contributed by atoms with Gasteiger partial charge in [-0.1, -0.05) is 0 Å². The molecular formula is C17H16N6O2. The zero-order valence-electron chi connectivity index (χ0n) is 13.7. The van der Waals surface area contributed by atoms with E-state index < -0.39 is 11.5 Å². The minimum atomic E-state index is -0.499. The minimum Gasteiger partial charge on any atom is -0.333 e. The SMILES string of the molecule is C[C@H](c1ccncn1)N(C)C(=O)c1cnc(-c2cccnc2)[nH]c1=O. The van der Waals surface area contributed by atoms with E-state index in [0.29, 0.717) is 17.1 Å². The monoisotopic (exact) mass is 336 g/mol. The van der Waals surface area contributed by atoms with Crippen molar-refractivity contribution in [3.05, 3.63) is 70.9 Å². The van der Waals surface area contributed by atoms with Crippen LogP contribution in [0, 0.1) is 0 Å². The average Bonchev–Trinajstić information content (AvgIpc) is 2.67. The third kappa shape index (κ3) is 3.42. The average molecular weight is 336 g/mol. The number of carbonyl (C=O) groups excluding carboxylic acids is 1. The number of H-pyrrole nitrogens is 1. The fourth-order valence-electron chi connectivity index (χ4n) is 2.31. The number of aromatic nitrogens is 5. The standard InChI is InChI=1S/C17H16N6O2/c1-11(14-5-7-19-10-21-14)23(2)17(25)13-9-20-15(22-16(13)24)12-4-3-6-18-8-12/h3-11H,1-2H3,(H,20,22,24)/t11-/m1/s1. The first-order valence-electron chi connectivity index (χ1n) is 7.60. The summed E-state index contributed by atoms with van der Waals surface area (Å²) in [6.45, 7) is 1.83. The molecule has 3 aromatic heterocycles. The van der Waals surface area contributed by atoms with Crippen LogP contribution in [0.2, 0.25) is 0 Å². The van der Waals surface area contributed by atoms with Gasteiger partial charge in [-0.2, -0.15) is 0 Å². The first kappa shape index (κ1) is 16.4. The van der Waals surface area contributed by atoms with Gasteiger partial charge in [0, 0.05) is 37.4 Å². The van der Waals surface area contributed by atoms with Crippen molar-refractivity contribution in [2.45, 2.75) is 13.0 Å². The zero-order valence-corrected chi connectivity index (χ0v) is 13.7. The molecule has 0 spiro atoms. The van der Waals surface area contributed by atoms with Gasteiger partial charge in [-0.3, -0.25) is 14.6 Å². The molecule has 126 valence electrons. The highest BCUT2D eigenvalue weighted by Crippen LogP contribution is 2.17. The maximum absolute atomic E-state index is 12.6. The van der Waals surface area contributed by atoms with Crippen LogP contribution >= 0.6 is 0 Å². The van der Waals surface area contributed by atoms with Crippen LogP contribution in [0.5, 0.6) is 0 Å².